The lowest BCUT2D eigenvalue weighted by Gasteiger charge is -2.12. The van der Waals surface area contributed by atoms with Crippen LogP contribution in [0.1, 0.15) is 6.42 Å². The van der Waals surface area contributed by atoms with Crippen LogP contribution in [0.3, 0.4) is 0 Å². The lowest BCUT2D eigenvalue weighted by molar-refractivity contribution is -0.131. The summed E-state index contributed by atoms with van der Waals surface area (Å²) in [5.74, 6) is -2.26. The van der Waals surface area contributed by atoms with E-state index in [2.05, 4.69) is 26.8 Å². The van der Waals surface area contributed by atoms with E-state index in [1.54, 1.807) is 0 Å². The van der Waals surface area contributed by atoms with E-state index in [1.165, 1.54) is 18.2 Å². The lowest BCUT2D eigenvalue weighted by Crippen LogP contribution is -2.46. The summed E-state index contributed by atoms with van der Waals surface area (Å²) in [7, 11) is -3.17. The molecule has 0 saturated carbocycles. The molecule has 1 heterocycles. The molecule has 0 aliphatic carbocycles. The van der Waals surface area contributed by atoms with Gasteiger partial charge in [0.1, 0.15) is 11.6 Å². The predicted molar refractivity (Wildman–Crippen MR) is 82.6 cm³/mol. The Hall–Kier alpha value is -1.68. The highest BCUT2D eigenvalue weighted by Gasteiger charge is 2.33. The Labute approximate surface area is 140 Å². The Balaban J connectivity index is 1.76. The molecule has 0 radical (unpaired) electrons. The minimum absolute atomic E-state index is 0.0270. The highest BCUT2D eigenvalue weighted by atomic mass is 79.9. The summed E-state index contributed by atoms with van der Waals surface area (Å²) in [5, 5.41) is 0. The summed E-state index contributed by atoms with van der Waals surface area (Å²) in [6, 6.07) is 3.73. The van der Waals surface area contributed by atoms with Crippen LogP contribution in [0.4, 0.5) is 4.39 Å². The van der Waals surface area contributed by atoms with E-state index in [9.17, 15) is 22.4 Å². The summed E-state index contributed by atoms with van der Waals surface area (Å²) < 4.78 is 41.0. The third kappa shape index (κ3) is 5.17. The first kappa shape index (κ1) is 17.7. The van der Waals surface area contributed by atoms with E-state index >= 15 is 0 Å². The van der Waals surface area contributed by atoms with Gasteiger partial charge in [-0.1, -0.05) is 0 Å². The van der Waals surface area contributed by atoms with Crippen molar-refractivity contribution in [1.82, 2.24) is 10.9 Å². The van der Waals surface area contributed by atoms with Crippen LogP contribution >= 0.6 is 15.9 Å². The average Bonchev–Trinajstić information content (AvgIpc) is 2.84. The molecule has 23 heavy (non-hydrogen) atoms. The molecule has 2 N–H and O–H groups in total. The maximum Gasteiger partial charge on any atom is 0.276 e. The van der Waals surface area contributed by atoms with Crippen molar-refractivity contribution in [2.24, 2.45) is 5.92 Å². The number of amides is 2. The number of benzene rings is 1. The van der Waals surface area contributed by atoms with E-state index in [4.69, 9.17) is 4.74 Å². The van der Waals surface area contributed by atoms with Crippen LogP contribution in [0.5, 0.6) is 5.75 Å². The molecule has 1 aliphatic heterocycles. The minimum Gasteiger partial charge on any atom is -0.483 e. The molecule has 10 heteroatoms. The Morgan fingerprint density at radius 2 is 2.09 bits per heavy atom. The van der Waals surface area contributed by atoms with E-state index in [0.717, 1.165) is 0 Å². The topological polar surface area (TPSA) is 102 Å². The van der Waals surface area contributed by atoms with Gasteiger partial charge in [-0.15, -0.1) is 0 Å². The normalized spacial score (nSPS) is 19.1. The van der Waals surface area contributed by atoms with Gasteiger partial charge in [0.25, 0.3) is 5.91 Å². The molecule has 7 nitrogen and oxygen atoms in total. The van der Waals surface area contributed by atoms with E-state index in [-0.39, 0.29) is 23.7 Å². The summed E-state index contributed by atoms with van der Waals surface area (Å²) in [5.41, 5.74) is 4.31. The number of hydrogen-bond acceptors (Lipinski definition) is 5. The predicted octanol–water partition coefficient (Wildman–Crippen LogP) is 0.549. The van der Waals surface area contributed by atoms with Crippen LogP contribution in [-0.2, 0) is 19.4 Å². The van der Waals surface area contributed by atoms with E-state index in [1.807, 2.05) is 0 Å². The number of ether oxygens (including phenoxy) is 1. The second-order valence-corrected chi connectivity index (χ2v) is 8.08. The van der Waals surface area contributed by atoms with Crippen LogP contribution < -0.4 is 15.6 Å². The van der Waals surface area contributed by atoms with Gasteiger partial charge in [0.15, 0.2) is 16.4 Å². The molecule has 0 bridgehead atoms. The number of sulfone groups is 1. The van der Waals surface area contributed by atoms with Crippen molar-refractivity contribution < 1.29 is 27.1 Å². The maximum atomic E-state index is 12.9. The molecule has 0 aromatic heterocycles. The first-order valence-corrected chi connectivity index (χ1v) is 9.25. The third-order valence-electron chi connectivity index (χ3n) is 3.18. The number of halogens is 2. The van der Waals surface area contributed by atoms with Gasteiger partial charge in [-0.2, -0.15) is 0 Å². The van der Waals surface area contributed by atoms with Crippen molar-refractivity contribution in [1.29, 1.82) is 0 Å². The Morgan fingerprint density at radius 1 is 1.35 bits per heavy atom. The summed E-state index contributed by atoms with van der Waals surface area (Å²) >= 11 is 3.09. The molecular weight excluding hydrogens is 395 g/mol. The number of nitrogens with one attached hydrogen (secondary N) is 2. The van der Waals surface area contributed by atoms with Crippen molar-refractivity contribution >= 4 is 37.6 Å². The summed E-state index contributed by atoms with van der Waals surface area (Å²) in [6.07, 6.45) is 0.239. The summed E-state index contributed by atoms with van der Waals surface area (Å²) in [4.78, 5) is 23.3. The lowest BCUT2D eigenvalue weighted by atomic mass is 10.1. The largest absolute Gasteiger partial charge is 0.483 e. The molecule has 1 aromatic carbocycles. The Morgan fingerprint density at radius 3 is 2.70 bits per heavy atom. The van der Waals surface area contributed by atoms with Gasteiger partial charge in [0.05, 0.1) is 21.9 Å². The zero-order valence-corrected chi connectivity index (χ0v) is 14.2. The van der Waals surface area contributed by atoms with Crippen molar-refractivity contribution in [3.63, 3.8) is 0 Å². The van der Waals surface area contributed by atoms with Gasteiger partial charge in [-0.3, -0.25) is 20.4 Å². The number of carbonyl (C=O) groups excluding carboxylic acids is 2. The van der Waals surface area contributed by atoms with Crippen LogP contribution in [0.25, 0.3) is 0 Å². The Bertz CT molecular complexity index is 725. The van der Waals surface area contributed by atoms with Crippen molar-refractivity contribution in [3.8, 4) is 5.75 Å². The molecule has 0 unspecified atom stereocenters. The van der Waals surface area contributed by atoms with E-state index < -0.39 is 40.0 Å². The molecular formula is C13H14BrFN2O5S. The highest BCUT2D eigenvalue weighted by Crippen LogP contribution is 2.25. The molecule has 1 aliphatic rings. The Kier molecular flexibility index (Phi) is 5.58. The molecule has 0 spiro atoms. The van der Waals surface area contributed by atoms with Crippen LogP contribution in [0, 0.1) is 11.7 Å². The van der Waals surface area contributed by atoms with Gasteiger partial charge in [0.2, 0.25) is 5.91 Å². The number of rotatable bonds is 4. The molecule has 1 aromatic rings. The first-order chi connectivity index (χ1) is 10.8. The molecule has 1 atom stereocenters. The number of hydrazine groups is 1. The first-order valence-electron chi connectivity index (χ1n) is 6.64. The maximum absolute atomic E-state index is 12.9. The van der Waals surface area contributed by atoms with Gasteiger partial charge in [0, 0.05) is 0 Å². The third-order valence-corrected chi connectivity index (χ3v) is 5.57. The van der Waals surface area contributed by atoms with Gasteiger partial charge >= 0.3 is 0 Å². The quantitative estimate of drug-likeness (QED) is 0.708. The zero-order valence-electron chi connectivity index (χ0n) is 11.8. The molecule has 1 saturated heterocycles. The van der Waals surface area contributed by atoms with E-state index in [0.29, 0.717) is 4.47 Å². The fraction of sp³-hybridized carbons (Fsp3) is 0.385. The zero-order chi connectivity index (χ0) is 17.0. The SMILES string of the molecule is O=C(COc1ccc(F)cc1Br)NNC(=O)[C@@H]1CCS(=O)(=O)C1. The second-order valence-electron chi connectivity index (χ2n) is 5.00. The minimum atomic E-state index is -3.17. The van der Waals surface area contributed by atoms with Crippen LogP contribution in [0.15, 0.2) is 22.7 Å². The molecule has 2 amide bonds. The van der Waals surface area contributed by atoms with Crippen molar-refractivity contribution in [2.75, 3.05) is 18.1 Å². The highest BCUT2D eigenvalue weighted by molar-refractivity contribution is 9.10. The monoisotopic (exact) mass is 408 g/mol. The van der Waals surface area contributed by atoms with Gasteiger partial charge < -0.3 is 4.74 Å². The standard InChI is InChI=1S/C13H14BrFN2O5S/c14-10-5-9(15)1-2-11(10)22-6-12(18)16-17-13(19)8-3-4-23(20,21)7-8/h1-2,5,8H,3-4,6-7H2,(H,16,18)(H,17,19)/t8-/m1/s1. The smallest absolute Gasteiger partial charge is 0.276 e. The molecule has 1 fully saturated rings. The fourth-order valence-electron chi connectivity index (χ4n) is 2.01. The van der Waals surface area contributed by atoms with Crippen molar-refractivity contribution in [2.45, 2.75) is 6.42 Å². The fourth-order valence-corrected chi connectivity index (χ4v) is 4.21. The number of carbonyl (C=O) groups is 2. The molecule has 126 valence electrons. The summed E-state index contributed by atoms with van der Waals surface area (Å²) in [6.45, 7) is -0.395. The number of hydrogen-bond donors (Lipinski definition) is 2. The second kappa shape index (κ2) is 7.26. The van der Waals surface area contributed by atoms with Crippen LogP contribution in [0.2, 0.25) is 0 Å². The van der Waals surface area contributed by atoms with Crippen LogP contribution in [-0.4, -0.2) is 38.3 Å². The van der Waals surface area contributed by atoms with Crippen molar-refractivity contribution in [3.05, 3.63) is 28.5 Å². The van der Waals surface area contributed by atoms with Gasteiger partial charge in [-0.25, -0.2) is 12.8 Å². The van der Waals surface area contributed by atoms with Gasteiger partial charge in [-0.05, 0) is 40.5 Å². The molecule has 2 rings (SSSR count). The average molecular weight is 409 g/mol.